The molecule has 2 aliphatic rings. The average Bonchev–Trinajstić information content (AvgIpc) is 2.86. The molecule has 1 heterocycles. The molecule has 0 amide bonds. The van der Waals surface area contributed by atoms with Crippen LogP contribution in [0, 0.1) is 0 Å². The van der Waals surface area contributed by atoms with Crippen LogP contribution in [-0.4, -0.2) is 39.2 Å². The van der Waals surface area contributed by atoms with Crippen LogP contribution in [-0.2, 0) is 14.3 Å². The van der Waals surface area contributed by atoms with Crippen molar-refractivity contribution in [2.75, 3.05) is 27.4 Å². The number of rotatable bonds is 8. The molecule has 4 rings (SSSR count). The number of hydrogen-bond acceptors (Lipinski definition) is 7. The summed E-state index contributed by atoms with van der Waals surface area (Å²) >= 11 is 3.63. The van der Waals surface area contributed by atoms with E-state index < -0.39 is 11.9 Å². The van der Waals surface area contributed by atoms with Gasteiger partial charge in [-0.25, -0.2) is 4.79 Å². The van der Waals surface area contributed by atoms with Crippen LogP contribution in [0.4, 0.5) is 0 Å². The van der Waals surface area contributed by atoms with Crippen molar-refractivity contribution in [3.05, 3.63) is 75.0 Å². The van der Waals surface area contributed by atoms with Gasteiger partial charge in [-0.15, -0.1) is 0 Å². The highest BCUT2D eigenvalue weighted by molar-refractivity contribution is 9.10. The number of allylic oxidation sites excluding steroid dienone is 3. The van der Waals surface area contributed by atoms with Gasteiger partial charge >= 0.3 is 5.97 Å². The maximum Gasteiger partial charge on any atom is 0.336 e. The van der Waals surface area contributed by atoms with Gasteiger partial charge in [-0.05, 0) is 49.6 Å². The van der Waals surface area contributed by atoms with E-state index in [0.29, 0.717) is 45.0 Å². The third kappa shape index (κ3) is 5.22. The molecule has 8 heteroatoms. The summed E-state index contributed by atoms with van der Waals surface area (Å²) in [6.07, 6.45) is 1.95. The third-order valence-corrected chi connectivity index (χ3v) is 6.82. The molecular formula is C27H28BrNO6. The summed E-state index contributed by atoms with van der Waals surface area (Å²) in [4.78, 5) is 26.5. The van der Waals surface area contributed by atoms with Gasteiger partial charge < -0.3 is 24.3 Å². The Bertz CT molecular complexity index is 1190. The van der Waals surface area contributed by atoms with Crippen LogP contribution in [0.1, 0.15) is 37.7 Å². The minimum absolute atomic E-state index is 0.0237. The zero-order valence-electron chi connectivity index (χ0n) is 20.0. The molecule has 0 bridgehead atoms. The van der Waals surface area contributed by atoms with Gasteiger partial charge in [-0.3, -0.25) is 4.79 Å². The molecule has 1 N–H and O–H groups in total. The Balaban J connectivity index is 1.66. The molecule has 2 aromatic rings. The number of ether oxygens (including phenoxy) is 4. The zero-order valence-corrected chi connectivity index (χ0v) is 21.6. The average molecular weight is 542 g/mol. The van der Waals surface area contributed by atoms with Gasteiger partial charge in [0.05, 0.1) is 19.8 Å². The number of Topliss-reactive ketones (excluding diaryl/α,β-unsaturated/α-hetero) is 1. The molecule has 0 saturated heterocycles. The molecule has 1 aliphatic heterocycles. The second-order valence-corrected chi connectivity index (χ2v) is 9.15. The Hall–Kier alpha value is -3.26. The lowest BCUT2D eigenvalue weighted by atomic mass is 9.75. The van der Waals surface area contributed by atoms with Crippen LogP contribution < -0.4 is 19.5 Å². The molecule has 1 atom stereocenters. The van der Waals surface area contributed by atoms with E-state index in [-0.39, 0.29) is 19.0 Å². The van der Waals surface area contributed by atoms with Gasteiger partial charge in [0.15, 0.2) is 17.3 Å². The first-order valence-corrected chi connectivity index (χ1v) is 12.2. The van der Waals surface area contributed by atoms with Gasteiger partial charge in [0, 0.05) is 33.8 Å². The number of para-hydroxylation sites is 1. The number of dihydropyridines is 1. The lowest BCUT2D eigenvalue weighted by Crippen LogP contribution is -2.34. The van der Waals surface area contributed by atoms with Crippen molar-refractivity contribution >= 4 is 27.7 Å². The van der Waals surface area contributed by atoms with Crippen LogP contribution in [0.15, 0.2) is 69.5 Å². The first kappa shape index (κ1) is 24.9. The van der Waals surface area contributed by atoms with Crippen LogP contribution in [0.25, 0.3) is 0 Å². The molecule has 0 fully saturated rings. The number of methoxy groups -OCH3 is 2. The smallest absolute Gasteiger partial charge is 0.336 e. The molecular weight excluding hydrogens is 514 g/mol. The number of benzene rings is 2. The normalized spacial score (nSPS) is 17.5. The number of halogens is 1. The number of carbonyl (C=O) groups is 2. The highest BCUT2D eigenvalue weighted by Crippen LogP contribution is 2.47. The van der Waals surface area contributed by atoms with Gasteiger partial charge in [0.1, 0.15) is 19.0 Å². The van der Waals surface area contributed by atoms with Crippen LogP contribution >= 0.6 is 15.9 Å². The lowest BCUT2D eigenvalue weighted by Gasteiger charge is -2.34. The standard InChI is InChI=1S/C27H28BrNO6/c1-16-24(27(31)35-13-12-34-17-8-5-4-6-9-17)25(26-20(29-16)10-7-11-21(26)30)18-14-22(32-2)23(33-3)15-19(18)28/h4-6,8-9,14-15,25,29H,7,10-13H2,1-3H3. The van der Waals surface area contributed by atoms with Crippen LogP contribution in [0.2, 0.25) is 0 Å². The summed E-state index contributed by atoms with van der Waals surface area (Å²) < 4.78 is 22.9. The SMILES string of the molecule is COc1cc(Br)c(C2C(C(=O)OCCOc3ccccc3)=C(C)NC3=C2C(=O)CCC3)cc1OC. The van der Waals surface area contributed by atoms with Crippen molar-refractivity contribution in [2.45, 2.75) is 32.1 Å². The van der Waals surface area contributed by atoms with E-state index in [2.05, 4.69) is 21.2 Å². The summed E-state index contributed by atoms with van der Waals surface area (Å²) in [7, 11) is 3.11. The highest BCUT2D eigenvalue weighted by atomic mass is 79.9. The summed E-state index contributed by atoms with van der Waals surface area (Å²) in [5.74, 6) is 0.683. The maximum absolute atomic E-state index is 13.4. The summed E-state index contributed by atoms with van der Waals surface area (Å²) in [5.41, 5.74) is 3.25. The fourth-order valence-electron chi connectivity index (χ4n) is 4.54. The van der Waals surface area contributed by atoms with E-state index in [4.69, 9.17) is 18.9 Å². The van der Waals surface area contributed by atoms with Crippen molar-refractivity contribution in [3.63, 3.8) is 0 Å². The highest BCUT2D eigenvalue weighted by Gasteiger charge is 2.40. The topological polar surface area (TPSA) is 83.1 Å². The summed E-state index contributed by atoms with van der Waals surface area (Å²) in [6, 6.07) is 12.9. The van der Waals surface area contributed by atoms with Crippen molar-refractivity contribution in [1.82, 2.24) is 5.32 Å². The first-order valence-electron chi connectivity index (χ1n) is 11.4. The Morgan fingerprint density at radius 3 is 2.49 bits per heavy atom. The van der Waals surface area contributed by atoms with E-state index in [9.17, 15) is 9.59 Å². The zero-order chi connectivity index (χ0) is 24.9. The Morgan fingerprint density at radius 2 is 1.77 bits per heavy atom. The van der Waals surface area contributed by atoms with Gasteiger partial charge in [0.25, 0.3) is 0 Å². The first-order chi connectivity index (χ1) is 16.9. The molecule has 1 unspecified atom stereocenters. The minimum atomic E-state index is -0.601. The largest absolute Gasteiger partial charge is 0.493 e. The Kier molecular flexibility index (Phi) is 7.80. The summed E-state index contributed by atoms with van der Waals surface area (Å²) in [6.45, 7) is 2.12. The molecule has 0 aromatic heterocycles. The van der Waals surface area contributed by atoms with Gasteiger partial charge in [-0.2, -0.15) is 0 Å². The molecule has 0 radical (unpaired) electrons. The second kappa shape index (κ2) is 11.0. The molecule has 35 heavy (non-hydrogen) atoms. The predicted molar refractivity (Wildman–Crippen MR) is 135 cm³/mol. The van der Waals surface area contributed by atoms with E-state index in [1.165, 1.54) is 0 Å². The quantitative estimate of drug-likeness (QED) is 0.369. The minimum Gasteiger partial charge on any atom is -0.493 e. The molecule has 1 aliphatic carbocycles. The van der Waals surface area contributed by atoms with Crippen molar-refractivity contribution in [2.24, 2.45) is 0 Å². The number of ketones is 1. The molecule has 184 valence electrons. The number of nitrogens with one attached hydrogen (secondary N) is 1. The number of hydrogen-bond donors (Lipinski definition) is 1. The fourth-order valence-corrected chi connectivity index (χ4v) is 5.10. The van der Waals surface area contributed by atoms with E-state index in [1.807, 2.05) is 43.3 Å². The third-order valence-electron chi connectivity index (χ3n) is 6.14. The van der Waals surface area contributed by atoms with Crippen LogP contribution in [0.3, 0.4) is 0 Å². The number of carbonyl (C=O) groups excluding carboxylic acids is 2. The second-order valence-electron chi connectivity index (χ2n) is 8.29. The van der Waals surface area contributed by atoms with E-state index >= 15 is 0 Å². The van der Waals surface area contributed by atoms with Gasteiger partial charge in [0.2, 0.25) is 0 Å². The predicted octanol–water partition coefficient (Wildman–Crippen LogP) is 5.06. The van der Waals surface area contributed by atoms with Gasteiger partial charge in [-0.1, -0.05) is 34.1 Å². The van der Waals surface area contributed by atoms with Crippen LogP contribution in [0.5, 0.6) is 17.2 Å². The summed E-state index contributed by atoms with van der Waals surface area (Å²) in [5, 5.41) is 3.30. The Labute approximate surface area is 213 Å². The van der Waals surface area contributed by atoms with Crippen molar-refractivity contribution < 1.29 is 28.5 Å². The monoisotopic (exact) mass is 541 g/mol. The Morgan fingerprint density at radius 1 is 1.06 bits per heavy atom. The van der Waals surface area contributed by atoms with E-state index in [1.54, 1.807) is 20.3 Å². The number of esters is 1. The van der Waals surface area contributed by atoms with Crippen molar-refractivity contribution in [3.8, 4) is 17.2 Å². The molecule has 7 nitrogen and oxygen atoms in total. The fraction of sp³-hybridized carbons (Fsp3) is 0.333. The van der Waals surface area contributed by atoms with E-state index in [0.717, 1.165) is 24.1 Å². The molecule has 2 aromatic carbocycles. The molecule has 0 spiro atoms. The lowest BCUT2D eigenvalue weighted by molar-refractivity contribution is -0.140. The molecule has 0 saturated carbocycles. The van der Waals surface area contributed by atoms with Crippen molar-refractivity contribution in [1.29, 1.82) is 0 Å². The maximum atomic E-state index is 13.4.